The summed E-state index contributed by atoms with van der Waals surface area (Å²) in [5, 5.41) is 6.99. The lowest BCUT2D eigenvalue weighted by atomic mass is 10.2. The quantitative estimate of drug-likeness (QED) is 0.738. The summed E-state index contributed by atoms with van der Waals surface area (Å²) >= 11 is 0. The van der Waals surface area contributed by atoms with E-state index in [9.17, 15) is 4.79 Å². The number of carbonyl (C=O) groups excluding carboxylic acids is 1. The highest BCUT2D eigenvalue weighted by atomic mass is 16.5. The van der Waals surface area contributed by atoms with Crippen LogP contribution in [-0.4, -0.2) is 24.3 Å². The van der Waals surface area contributed by atoms with Gasteiger partial charge < -0.3 is 14.6 Å². The molecule has 1 heterocycles. The Labute approximate surface area is 88.8 Å². The molecule has 1 aromatic rings. The third-order valence-electron chi connectivity index (χ3n) is 2.01. The average molecular weight is 212 g/mol. The molecule has 0 saturated heterocycles. The Hall–Kier alpha value is -1.36. The van der Waals surface area contributed by atoms with Gasteiger partial charge in [-0.05, 0) is 13.8 Å². The lowest BCUT2D eigenvalue weighted by molar-refractivity contribution is -0.141. The molecule has 5 heteroatoms. The van der Waals surface area contributed by atoms with Gasteiger partial charge in [-0.25, -0.2) is 0 Å². The predicted octanol–water partition coefficient (Wildman–Crippen LogP) is 1.02. The Kier molecular flexibility index (Phi) is 4.30. The molecule has 0 fully saturated rings. The normalized spacial score (nSPS) is 12.5. The van der Waals surface area contributed by atoms with Crippen LogP contribution in [0.1, 0.15) is 24.8 Å². The molecule has 1 rings (SSSR count). The van der Waals surface area contributed by atoms with Gasteiger partial charge in [0, 0.05) is 18.7 Å². The van der Waals surface area contributed by atoms with Gasteiger partial charge in [0.2, 0.25) is 0 Å². The Morgan fingerprint density at radius 2 is 2.47 bits per heavy atom. The molecule has 0 aliphatic heterocycles. The number of aromatic nitrogens is 1. The van der Waals surface area contributed by atoms with Gasteiger partial charge >= 0.3 is 5.97 Å². The molecular formula is C10H16N2O3. The fourth-order valence-corrected chi connectivity index (χ4v) is 1.19. The molecular weight excluding hydrogens is 196 g/mol. The molecule has 0 aromatic carbocycles. The fraction of sp³-hybridized carbons (Fsp3) is 0.600. The summed E-state index contributed by atoms with van der Waals surface area (Å²) < 4.78 is 9.48. The number of nitrogens with one attached hydrogen (secondary N) is 1. The Balaban J connectivity index is 2.28. The zero-order chi connectivity index (χ0) is 11.3. The predicted molar refractivity (Wildman–Crippen MR) is 54.2 cm³/mol. The van der Waals surface area contributed by atoms with E-state index in [0.717, 1.165) is 11.5 Å². The van der Waals surface area contributed by atoms with Crippen molar-refractivity contribution < 1.29 is 14.1 Å². The minimum absolute atomic E-state index is 0.0643. The van der Waals surface area contributed by atoms with Gasteiger partial charge in [-0.15, -0.1) is 0 Å². The summed E-state index contributed by atoms with van der Waals surface area (Å²) in [4.78, 5) is 10.9. The van der Waals surface area contributed by atoms with Crippen molar-refractivity contribution in [3.05, 3.63) is 17.5 Å². The maximum atomic E-state index is 10.9. The first-order valence-corrected chi connectivity index (χ1v) is 4.84. The van der Waals surface area contributed by atoms with Gasteiger partial charge in [0.15, 0.2) is 0 Å². The summed E-state index contributed by atoms with van der Waals surface area (Å²) in [6, 6.07) is 1.92. The van der Waals surface area contributed by atoms with Crippen molar-refractivity contribution >= 4 is 5.97 Å². The third-order valence-corrected chi connectivity index (χ3v) is 2.01. The van der Waals surface area contributed by atoms with Gasteiger partial charge in [-0.3, -0.25) is 4.79 Å². The van der Waals surface area contributed by atoms with Gasteiger partial charge in [0.25, 0.3) is 0 Å². The third kappa shape index (κ3) is 4.12. The van der Waals surface area contributed by atoms with Crippen LogP contribution in [-0.2, 0) is 16.1 Å². The topological polar surface area (TPSA) is 64.4 Å². The number of rotatable bonds is 5. The van der Waals surface area contributed by atoms with Crippen molar-refractivity contribution in [2.24, 2.45) is 0 Å². The zero-order valence-electron chi connectivity index (χ0n) is 9.24. The molecule has 1 N–H and O–H groups in total. The van der Waals surface area contributed by atoms with E-state index in [1.807, 2.05) is 19.9 Å². The molecule has 0 bridgehead atoms. The van der Waals surface area contributed by atoms with Crippen molar-refractivity contribution in [2.75, 3.05) is 7.11 Å². The first-order chi connectivity index (χ1) is 7.11. The van der Waals surface area contributed by atoms with Crippen LogP contribution in [0.15, 0.2) is 10.6 Å². The molecule has 0 radical (unpaired) electrons. The summed E-state index contributed by atoms with van der Waals surface area (Å²) in [7, 11) is 1.38. The minimum atomic E-state index is -0.216. The van der Waals surface area contributed by atoms with Crippen LogP contribution in [0, 0.1) is 6.92 Å². The number of hydrogen-bond acceptors (Lipinski definition) is 5. The molecule has 0 aliphatic rings. The highest BCUT2D eigenvalue weighted by Crippen LogP contribution is 2.02. The number of carbonyl (C=O) groups is 1. The number of hydrogen-bond donors (Lipinski definition) is 1. The van der Waals surface area contributed by atoms with E-state index in [1.165, 1.54) is 7.11 Å². The maximum Gasteiger partial charge on any atom is 0.307 e. The van der Waals surface area contributed by atoms with Gasteiger partial charge in [0.05, 0.1) is 19.2 Å². The van der Waals surface area contributed by atoms with Crippen molar-refractivity contribution in [3.63, 3.8) is 0 Å². The Bertz CT molecular complexity index is 322. The van der Waals surface area contributed by atoms with E-state index in [1.54, 1.807) is 0 Å². The highest BCUT2D eigenvalue weighted by molar-refractivity contribution is 5.69. The number of nitrogens with zero attached hydrogens (tertiary/aromatic N) is 1. The zero-order valence-corrected chi connectivity index (χ0v) is 9.24. The second-order valence-corrected chi connectivity index (χ2v) is 3.49. The Morgan fingerprint density at radius 3 is 3.00 bits per heavy atom. The van der Waals surface area contributed by atoms with Gasteiger partial charge in [-0.1, -0.05) is 5.16 Å². The smallest absolute Gasteiger partial charge is 0.307 e. The molecule has 0 spiro atoms. The summed E-state index contributed by atoms with van der Waals surface area (Å²) in [5.74, 6) is 0.568. The SMILES string of the molecule is COC(=O)CC(C)NCc1cc(C)on1. The summed E-state index contributed by atoms with van der Waals surface area (Å²) in [6.45, 7) is 4.35. The van der Waals surface area contributed by atoms with E-state index in [-0.39, 0.29) is 12.0 Å². The van der Waals surface area contributed by atoms with Crippen LogP contribution >= 0.6 is 0 Å². The highest BCUT2D eigenvalue weighted by Gasteiger charge is 2.09. The van der Waals surface area contributed by atoms with Crippen LogP contribution in [0.3, 0.4) is 0 Å². The molecule has 0 aliphatic carbocycles. The van der Waals surface area contributed by atoms with Crippen molar-refractivity contribution in [2.45, 2.75) is 32.9 Å². The number of aryl methyl sites for hydroxylation is 1. The summed E-state index contributed by atoms with van der Waals surface area (Å²) in [6.07, 6.45) is 0.354. The largest absolute Gasteiger partial charge is 0.469 e. The van der Waals surface area contributed by atoms with Crippen molar-refractivity contribution in [3.8, 4) is 0 Å². The lowest BCUT2D eigenvalue weighted by Crippen LogP contribution is -2.28. The van der Waals surface area contributed by atoms with Crippen LogP contribution in [0.25, 0.3) is 0 Å². The second kappa shape index (κ2) is 5.50. The van der Waals surface area contributed by atoms with Crippen molar-refractivity contribution in [1.29, 1.82) is 0 Å². The molecule has 0 saturated carbocycles. The number of ether oxygens (including phenoxy) is 1. The van der Waals surface area contributed by atoms with Crippen LogP contribution in [0.5, 0.6) is 0 Å². The molecule has 1 unspecified atom stereocenters. The monoisotopic (exact) mass is 212 g/mol. The minimum Gasteiger partial charge on any atom is -0.469 e. The maximum absolute atomic E-state index is 10.9. The van der Waals surface area contributed by atoms with Crippen LogP contribution < -0.4 is 5.32 Å². The number of esters is 1. The average Bonchev–Trinajstić information content (AvgIpc) is 2.61. The molecule has 5 nitrogen and oxygen atoms in total. The van der Waals surface area contributed by atoms with Crippen molar-refractivity contribution in [1.82, 2.24) is 10.5 Å². The molecule has 0 amide bonds. The Morgan fingerprint density at radius 1 is 1.73 bits per heavy atom. The van der Waals surface area contributed by atoms with Crippen LogP contribution in [0.4, 0.5) is 0 Å². The van der Waals surface area contributed by atoms with E-state index in [2.05, 4.69) is 15.2 Å². The molecule has 84 valence electrons. The first kappa shape index (κ1) is 11.7. The summed E-state index contributed by atoms with van der Waals surface area (Å²) in [5.41, 5.74) is 0.837. The molecule has 15 heavy (non-hydrogen) atoms. The second-order valence-electron chi connectivity index (χ2n) is 3.49. The first-order valence-electron chi connectivity index (χ1n) is 4.84. The lowest BCUT2D eigenvalue weighted by Gasteiger charge is -2.10. The van der Waals surface area contributed by atoms with E-state index >= 15 is 0 Å². The molecule has 1 atom stereocenters. The fourth-order valence-electron chi connectivity index (χ4n) is 1.19. The van der Waals surface area contributed by atoms with E-state index in [0.29, 0.717) is 13.0 Å². The van der Waals surface area contributed by atoms with Gasteiger partial charge in [0.1, 0.15) is 5.76 Å². The van der Waals surface area contributed by atoms with Gasteiger partial charge in [-0.2, -0.15) is 0 Å². The van der Waals surface area contributed by atoms with E-state index < -0.39 is 0 Å². The standard InChI is InChI=1S/C10H16N2O3/c1-7(4-10(13)14-3)11-6-9-5-8(2)15-12-9/h5,7,11H,4,6H2,1-3H3. The van der Waals surface area contributed by atoms with Crippen LogP contribution in [0.2, 0.25) is 0 Å². The number of methoxy groups -OCH3 is 1. The van der Waals surface area contributed by atoms with E-state index in [4.69, 9.17) is 4.52 Å². The molecule has 1 aromatic heterocycles.